The fourth-order valence-electron chi connectivity index (χ4n) is 3.67. The summed E-state index contributed by atoms with van der Waals surface area (Å²) >= 11 is 0. The minimum atomic E-state index is -4.40. The summed E-state index contributed by atoms with van der Waals surface area (Å²) in [5.41, 5.74) is 1.82. The average molecular weight is 457 g/mol. The Balaban J connectivity index is 1.88. The lowest BCUT2D eigenvalue weighted by Crippen LogP contribution is -2.38. The van der Waals surface area contributed by atoms with Gasteiger partial charge in [0.05, 0.1) is 12.7 Å². The second-order valence-electron chi connectivity index (χ2n) is 7.68. The van der Waals surface area contributed by atoms with E-state index >= 15 is 0 Å². The fourth-order valence-corrected chi connectivity index (χ4v) is 3.67. The maximum absolute atomic E-state index is 13.1. The molecule has 0 heterocycles. The number of halogens is 3. The largest absolute Gasteiger partial charge is 0.497 e. The van der Waals surface area contributed by atoms with Crippen LogP contribution in [-0.4, -0.2) is 20.1 Å². The molecule has 0 aliphatic carbocycles. The maximum atomic E-state index is 13.1. The van der Waals surface area contributed by atoms with Crippen molar-refractivity contribution in [3.05, 3.63) is 101 Å². The first-order chi connectivity index (χ1) is 15.8. The normalized spacial score (nSPS) is 13.2. The van der Waals surface area contributed by atoms with Gasteiger partial charge in [-0.2, -0.15) is 13.2 Å². The van der Waals surface area contributed by atoms with E-state index in [0.29, 0.717) is 18.4 Å². The lowest BCUT2D eigenvalue weighted by molar-refractivity contribution is -0.137. The van der Waals surface area contributed by atoms with E-state index in [0.717, 1.165) is 29.0 Å². The van der Waals surface area contributed by atoms with Gasteiger partial charge in [0.1, 0.15) is 11.8 Å². The molecule has 3 aromatic rings. The Labute approximate surface area is 191 Å². The van der Waals surface area contributed by atoms with Crippen LogP contribution in [0.2, 0.25) is 0 Å². The van der Waals surface area contributed by atoms with Crippen molar-refractivity contribution in [2.24, 2.45) is 0 Å². The summed E-state index contributed by atoms with van der Waals surface area (Å²) in [6.07, 6.45) is -3.16. The molecule has 3 aromatic carbocycles. The first kappa shape index (κ1) is 24.3. The Morgan fingerprint density at radius 2 is 1.55 bits per heavy atom. The number of benzene rings is 3. The number of alkyl halides is 3. The minimum Gasteiger partial charge on any atom is -0.497 e. The highest BCUT2D eigenvalue weighted by atomic mass is 19.4. The topological polar surface area (TPSA) is 50.4 Å². The lowest BCUT2D eigenvalue weighted by Gasteiger charge is -2.26. The smallest absolute Gasteiger partial charge is 0.416 e. The lowest BCUT2D eigenvalue weighted by atomic mass is 9.95. The summed E-state index contributed by atoms with van der Waals surface area (Å²) in [6.45, 7) is 0. The molecule has 3 rings (SSSR count). The number of rotatable bonds is 9. The van der Waals surface area contributed by atoms with E-state index < -0.39 is 17.8 Å². The van der Waals surface area contributed by atoms with Gasteiger partial charge >= 0.3 is 6.18 Å². The molecule has 0 aliphatic heterocycles. The van der Waals surface area contributed by atoms with Gasteiger partial charge in [0, 0.05) is 13.1 Å². The van der Waals surface area contributed by atoms with Crippen LogP contribution in [0.15, 0.2) is 78.9 Å². The molecule has 0 unspecified atom stereocenters. The van der Waals surface area contributed by atoms with Crippen molar-refractivity contribution in [1.29, 1.82) is 0 Å². The van der Waals surface area contributed by atoms with Gasteiger partial charge in [0.2, 0.25) is 5.91 Å². The van der Waals surface area contributed by atoms with Crippen LogP contribution >= 0.6 is 0 Å². The molecule has 0 radical (unpaired) electrons. The predicted octanol–water partition coefficient (Wildman–Crippen LogP) is 5.46. The van der Waals surface area contributed by atoms with Crippen LogP contribution in [-0.2, 0) is 17.4 Å². The van der Waals surface area contributed by atoms with Gasteiger partial charge in [-0.05, 0) is 53.8 Å². The molecule has 2 N–H and O–H groups in total. The summed E-state index contributed by atoms with van der Waals surface area (Å²) in [4.78, 5) is 12.7. The van der Waals surface area contributed by atoms with Gasteiger partial charge in [0.25, 0.3) is 0 Å². The molecule has 2 atom stereocenters. The Bertz CT molecular complexity index is 1020. The predicted molar refractivity (Wildman–Crippen MR) is 122 cm³/mol. The molecule has 0 aromatic heterocycles. The number of carbonyl (C=O) groups excluding carboxylic acids is 1. The Kier molecular flexibility index (Phi) is 8.11. The van der Waals surface area contributed by atoms with Gasteiger partial charge in [-0.15, -0.1) is 0 Å². The summed E-state index contributed by atoms with van der Waals surface area (Å²) in [6, 6.07) is 21.0. The molecule has 4 nitrogen and oxygen atoms in total. The quantitative estimate of drug-likeness (QED) is 0.449. The van der Waals surface area contributed by atoms with Crippen molar-refractivity contribution in [2.45, 2.75) is 31.1 Å². The maximum Gasteiger partial charge on any atom is 0.416 e. The Hall–Kier alpha value is -3.32. The first-order valence-electron chi connectivity index (χ1n) is 10.6. The molecule has 7 heteroatoms. The molecule has 0 spiro atoms. The van der Waals surface area contributed by atoms with E-state index in [1.165, 1.54) is 12.1 Å². The van der Waals surface area contributed by atoms with Gasteiger partial charge < -0.3 is 10.1 Å². The minimum absolute atomic E-state index is 0.220. The summed E-state index contributed by atoms with van der Waals surface area (Å²) < 4.78 is 44.4. The number of hydrogen-bond acceptors (Lipinski definition) is 3. The van der Waals surface area contributed by atoms with Crippen LogP contribution in [0.25, 0.3) is 0 Å². The van der Waals surface area contributed by atoms with Crippen LogP contribution in [0.3, 0.4) is 0 Å². The molecule has 0 bridgehead atoms. The Morgan fingerprint density at radius 1 is 0.909 bits per heavy atom. The SMILES string of the molecule is CNC(=O)[C@H](N[C@@H](CCc1ccc(OC)cc1)c1ccc(C(F)(F)F)cc1)c1ccccc1. The highest BCUT2D eigenvalue weighted by Crippen LogP contribution is 2.31. The zero-order chi connectivity index (χ0) is 23.8. The highest BCUT2D eigenvalue weighted by molar-refractivity contribution is 5.83. The van der Waals surface area contributed by atoms with Gasteiger partial charge in [-0.25, -0.2) is 0 Å². The van der Waals surface area contributed by atoms with E-state index in [2.05, 4.69) is 10.6 Å². The van der Waals surface area contributed by atoms with Crippen LogP contribution in [0, 0.1) is 0 Å². The van der Waals surface area contributed by atoms with Crippen LogP contribution < -0.4 is 15.4 Å². The van der Waals surface area contributed by atoms with Crippen LogP contribution in [0.5, 0.6) is 5.75 Å². The third kappa shape index (κ3) is 6.58. The molecule has 174 valence electrons. The first-order valence-corrected chi connectivity index (χ1v) is 10.6. The number of carbonyl (C=O) groups is 1. The third-order valence-electron chi connectivity index (χ3n) is 5.53. The molecule has 0 saturated carbocycles. The zero-order valence-corrected chi connectivity index (χ0v) is 18.5. The zero-order valence-electron chi connectivity index (χ0n) is 18.5. The second-order valence-corrected chi connectivity index (χ2v) is 7.68. The number of methoxy groups -OCH3 is 1. The van der Waals surface area contributed by atoms with Crippen molar-refractivity contribution >= 4 is 5.91 Å². The van der Waals surface area contributed by atoms with Gasteiger partial charge in [0.15, 0.2) is 0 Å². The van der Waals surface area contributed by atoms with E-state index in [1.54, 1.807) is 14.2 Å². The second kappa shape index (κ2) is 11.0. The van der Waals surface area contributed by atoms with Gasteiger partial charge in [-0.1, -0.05) is 54.6 Å². The molecule has 0 saturated heterocycles. The molecule has 33 heavy (non-hydrogen) atoms. The standard InChI is InChI=1S/C26H27F3N2O2/c1-30-25(32)24(20-6-4-3-5-7-20)31-23(17-10-18-8-15-22(33-2)16-9-18)19-11-13-21(14-12-19)26(27,28)29/h3-9,11-16,23-24,31H,10,17H2,1-2H3,(H,30,32)/t23-,24+/m0/s1. The third-order valence-corrected chi connectivity index (χ3v) is 5.53. The summed E-state index contributed by atoms with van der Waals surface area (Å²) in [5, 5.41) is 6.04. The van der Waals surface area contributed by atoms with Crippen molar-refractivity contribution in [1.82, 2.24) is 10.6 Å². The highest BCUT2D eigenvalue weighted by Gasteiger charge is 2.31. The number of nitrogens with one attached hydrogen (secondary N) is 2. The number of hydrogen-bond donors (Lipinski definition) is 2. The van der Waals surface area contributed by atoms with Crippen molar-refractivity contribution < 1.29 is 22.7 Å². The number of ether oxygens (including phenoxy) is 1. The number of amides is 1. The fraction of sp³-hybridized carbons (Fsp3) is 0.269. The monoisotopic (exact) mass is 456 g/mol. The van der Waals surface area contributed by atoms with E-state index in [4.69, 9.17) is 4.74 Å². The van der Waals surface area contributed by atoms with Crippen LogP contribution in [0.1, 0.15) is 40.8 Å². The Morgan fingerprint density at radius 3 is 2.09 bits per heavy atom. The average Bonchev–Trinajstić information content (AvgIpc) is 2.84. The van der Waals surface area contributed by atoms with Crippen molar-refractivity contribution in [3.63, 3.8) is 0 Å². The number of aryl methyl sites for hydroxylation is 1. The van der Waals surface area contributed by atoms with E-state index in [9.17, 15) is 18.0 Å². The molecule has 0 aliphatic rings. The van der Waals surface area contributed by atoms with Gasteiger partial charge in [-0.3, -0.25) is 10.1 Å². The summed E-state index contributed by atoms with van der Waals surface area (Å²) in [5.74, 6) is 0.530. The summed E-state index contributed by atoms with van der Waals surface area (Å²) in [7, 11) is 3.16. The van der Waals surface area contributed by atoms with E-state index in [1.807, 2.05) is 54.6 Å². The van der Waals surface area contributed by atoms with E-state index in [-0.39, 0.29) is 11.9 Å². The van der Waals surface area contributed by atoms with Crippen molar-refractivity contribution in [3.8, 4) is 5.75 Å². The number of likely N-dealkylation sites (N-methyl/N-ethyl adjacent to an activating group) is 1. The molecule has 0 fully saturated rings. The molecular weight excluding hydrogens is 429 g/mol. The molecular formula is C26H27F3N2O2. The molecule has 1 amide bonds. The van der Waals surface area contributed by atoms with Crippen LogP contribution in [0.4, 0.5) is 13.2 Å². The van der Waals surface area contributed by atoms with Crippen molar-refractivity contribution in [2.75, 3.05) is 14.2 Å².